The Morgan fingerprint density at radius 2 is 1.79 bits per heavy atom. The van der Waals surface area contributed by atoms with E-state index >= 15 is 0 Å². The summed E-state index contributed by atoms with van der Waals surface area (Å²) in [6.45, 7) is 0.346. The number of benzene rings is 3. The molecule has 138 valence electrons. The van der Waals surface area contributed by atoms with Crippen molar-refractivity contribution in [2.24, 2.45) is 0 Å². The van der Waals surface area contributed by atoms with Gasteiger partial charge in [-0.1, -0.05) is 35.9 Å². The molecule has 0 aliphatic carbocycles. The lowest BCUT2D eigenvalue weighted by molar-refractivity contribution is 0.297. The second-order valence-corrected chi connectivity index (χ2v) is 6.71. The summed E-state index contributed by atoms with van der Waals surface area (Å²) in [5, 5.41) is 13.3. The minimum Gasteiger partial charge on any atom is -0.486 e. The lowest BCUT2D eigenvalue weighted by atomic mass is 10.1. The maximum absolute atomic E-state index is 9.50. The van der Waals surface area contributed by atoms with Crippen molar-refractivity contribution in [3.8, 4) is 11.8 Å². The molecule has 0 radical (unpaired) electrons. The van der Waals surface area contributed by atoms with Crippen LogP contribution in [-0.4, -0.2) is 9.97 Å². The fraction of sp³-hybridized carbons (Fsp3) is 0.0909. The number of nitrogens with zero attached hydrogens (tertiary/aromatic N) is 2. The molecule has 0 fully saturated rings. The molecule has 0 amide bonds. The lowest BCUT2D eigenvalue weighted by Gasteiger charge is -2.14. The van der Waals surface area contributed by atoms with Gasteiger partial charge in [0.05, 0.1) is 17.1 Å². The quantitative estimate of drug-likeness (QED) is 0.459. The fourth-order valence-corrected chi connectivity index (χ4v) is 3.01. The zero-order chi connectivity index (χ0) is 19.3. The van der Waals surface area contributed by atoms with Gasteiger partial charge in [-0.3, -0.25) is 0 Å². The van der Waals surface area contributed by atoms with Gasteiger partial charge in [-0.2, -0.15) is 5.26 Å². The number of anilines is 1. The first-order valence-electron chi connectivity index (χ1n) is 8.79. The van der Waals surface area contributed by atoms with Gasteiger partial charge in [0.1, 0.15) is 24.2 Å². The van der Waals surface area contributed by atoms with E-state index in [-0.39, 0.29) is 0 Å². The third-order valence-corrected chi connectivity index (χ3v) is 4.56. The van der Waals surface area contributed by atoms with Crippen LogP contribution >= 0.6 is 11.6 Å². The highest BCUT2D eigenvalue weighted by atomic mass is 35.5. The second-order valence-electron chi connectivity index (χ2n) is 6.27. The number of ether oxygens (including phenoxy) is 1. The molecule has 0 saturated heterocycles. The van der Waals surface area contributed by atoms with Gasteiger partial charge in [0.15, 0.2) is 0 Å². The van der Waals surface area contributed by atoms with Crippen molar-refractivity contribution in [2.75, 3.05) is 5.32 Å². The summed E-state index contributed by atoms with van der Waals surface area (Å²) in [5.74, 6) is 1.48. The molecule has 4 rings (SSSR count). The number of imidazole rings is 1. The molecule has 1 atom stereocenters. The highest BCUT2D eigenvalue weighted by molar-refractivity contribution is 6.30. The number of aromatic amines is 1. The molecule has 2 N–H and O–H groups in total. The Morgan fingerprint density at radius 3 is 2.50 bits per heavy atom. The van der Waals surface area contributed by atoms with Crippen molar-refractivity contribution in [3.05, 3.63) is 89.2 Å². The topological polar surface area (TPSA) is 73.7 Å². The zero-order valence-electron chi connectivity index (χ0n) is 14.9. The first-order chi connectivity index (χ1) is 13.7. The molecule has 0 bridgehead atoms. The number of para-hydroxylation sites is 2. The van der Waals surface area contributed by atoms with E-state index in [4.69, 9.17) is 16.3 Å². The van der Waals surface area contributed by atoms with E-state index < -0.39 is 6.04 Å². The number of rotatable bonds is 6. The summed E-state index contributed by atoms with van der Waals surface area (Å²) in [6.07, 6.45) is 0. The largest absolute Gasteiger partial charge is 0.486 e. The van der Waals surface area contributed by atoms with Crippen LogP contribution < -0.4 is 10.1 Å². The predicted molar refractivity (Wildman–Crippen MR) is 110 cm³/mol. The fourth-order valence-electron chi connectivity index (χ4n) is 2.89. The molecule has 4 aromatic rings. The molecule has 0 aliphatic heterocycles. The normalized spacial score (nSPS) is 11.7. The molecule has 0 aliphatic rings. The van der Waals surface area contributed by atoms with Gasteiger partial charge in [0.2, 0.25) is 0 Å². The molecule has 1 aromatic heterocycles. The molecule has 1 unspecified atom stereocenters. The molecule has 1 heterocycles. The maximum Gasteiger partial charge on any atom is 0.146 e. The van der Waals surface area contributed by atoms with Crippen LogP contribution in [0.4, 0.5) is 5.69 Å². The maximum atomic E-state index is 9.50. The van der Waals surface area contributed by atoms with Gasteiger partial charge >= 0.3 is 0 Å². The predicted octanol–water partition coefficient (Wildman–Crippen LogP) is 5.47. The molecule has 0 spiro atoms. The van der Waals surface area contributed by atoms with Crippen molar-refractivity contribution < 1.29 is 4.74 Å². The summed E-state index contributed by atoms with van der Waals surface area (Å²) >= 11 is 5.90. The van der Waals surface area contributed by atoms with Crippen molar-refractivity contribution in [3.63, 3.8) is 0 Å². The van der Waals surface area contributed by atoms with Crippen LogP contribution in [0.1, 0.15) is 17.4 Å². The van der Waals surface area contributed by atoms with Crippen LogP contribution in [0.25, 0.3) is 11.0 Å². The minimum atomic E-state index is -0.467. The Hall–Kier alpha value is -3.49. The van der Waals surface area contributed by atoms with E-state index in [9.17, 15) is 5.26 Å². The Morgan fingerprint density at radius 1 is 1.04 bits per heavy atom. The third kappa shape index (κ3) is 4.08. The average Bonchev–Trinajstić information content (AvgIpc) is 3.15. The third-order valence-electron chi connectivity index (χ3n) is 4.31. The monoisotopic (exact) mass is 388 g/mol. The number of halogens is 1. The molecule has 0 saturated carbocycles. The van der Waals surface area contributed by atoms with E-state index in [0.29, 0.717) is 17.4 Å². The first kappa shape index (κ1) is 17.9. The van der Waals surface area contributed by atoms with Crippen LogP contribution in [0.3, 0.4) is 0 Å². The minimum absolute atomic E-state index is 0.346. The van der Waals surface area contributed by atoms with Gasteiger partial charge < -0.3 is 15.0 Å². The van der Waals surface area contributed by atoms with Gasteiger partial charge in [-0.15, -0.1) is 0 Å². The van der Waals surface area contributed by atoms with Crippen LogP contribution in [0.5, 0.6) is 5.75 Å². The number of H-pyrrole nitrogens is 1. The van der Waals surface area contributed by atoms with Crippen LogP contribution in [0.2, 0.25) is 5.02 Å². The summed E-state index contributed by atoms with van der Waals surface area (Å²) in [7, 11) is 0. The Kier molecular flexibility index (Phi) is 5.14. The van der Waals surface area contributed by atoms with Gasteiger partial charge in [0, 0.05) is 10.7 Å². The lowest BCUT2D eigenvalue weighted by Crippen LogP contribution is -2.08. The highest BCUT2D eigenvalue weighted by Gasteiger charge is 2.11. The van der Waals surface area contributed by atoms with Gasteiger partial charge in [0.25, 0.3) is 0 Å². The smallest absolute Gasteiger partial charge is 0.146 e. The number of hydrogen-bond donors (Lipinski definition) is 2. The van der Waals surface area contributed by atoms with E-state index in [1.54, 1.807) is 12.1 Å². The standard InChI is InChI=1S/C22H17ClN4O/c23-16-7-9-17(10-8-16)25-21(13-24)15-5-11-18(12-6-15)28-14-22-26-19-3-1-2-4-20(19)27-22/h1-12,21,25H,14H2,(H,26,27). The van der Waals surface area contributed by atoms with Crippen LogP contribution in [0, 0.1) is 11.3 Å². The summed E-state index contributed by atoms with van der Waals surface area (Å²) in [6, 6.07) is 24.4. The van der Waals surface area contributed by atoms with Crippen molar-refractivity contribution in [1.29, 1.82) is 5.26 Å². The zero-order valence-corrected chi connectivity index (χ0v) is 15.6. The van der Waals surface area contributed by atoms with Gasteiger partial charge in [-0.05, 0) is 54.1 Å². The number of aromatic nitrogens is 2. The average molecular weight is 389 g/mol. The van der Waals surface area contributed by atoms with Crippen molar-refractivity contribution >= 4 is 28.3 Å². The van der Waals surface area contributed by atoms with Gasteiger partial charge in [-0.25, -0.2) is 4.98 Å². The molecule has 28 heavy (non-hydrogen) atoms. The molecule has 5 nitrogen and oxygen atoms in total. The Balaban J connectivity index is 1.40. The Labute approximate surface area is 167 Å². The number of fused-ring (bicyclic) bond motifs is 1. The summed E-state index contributed by atoms with van der Waals surface area (Å²) in [5.41, 5.74) is 3.60. The number of nitrogens with one attached hydrogen (secondary N) is 2. The highest BCUT2D eigenvalue weighted by Crippen LogP contribution is 2.23. The molecular formula is C22H17ClN4O. The van der Waals surface area contributed by atoms with E-state index in [0.717, 1.165) is 28.1 Å². The van der Waals surface area contributed by atoms with Crippen LogP contribution in [-0.2, 0) is 6.61 Å². The van der Waals surface area contributed by atoms with E-state index in [1.807, 2.05) is 60.7 Å². The van der Waals surface area contributed by atoms with E-state index in [1.165, 1.54) is 0 Å². The first-order valence-corrected chi connectivity index (χ1v) is 9.17. The number of hydrogen-bond acceptors (Lipinski definition) is 4. The molecule has 6 heteroatoms. The van der Waals surface area contributed by atoms with Crippen molar-refractivity contribution in [1.82, 2.24) is 9.97 Å². The molecular weight excluding hydrogens is 372 g/mol. The second kappa shape index (κ2) is 8.03. The number of nitriles is 1. The molecule has 3 aromatic carbocycles. The summed E-state index contributed by atoms with van der Waals surface area (Å²) < 4.78 is 5.81. The SMILES string of the molecule is N#CC(Nc1ccc(Cl)cc1)c1ccc(OCc2nc3ccccc3[nH]2)cc1. The summed E-state index contributed by atoms with van der Waals surface area (Å²) in [4.78, 5) is 7.73. The van der Waals surface area contributed by atoms with Crippen LogP contribution in [0.15, 0.2) is 72.8 Å². The van der Waals surface area contributed by atoms with Crippen molar-refractivity contribution in [2.45, 2.75) is 12.6 Å². The van der Waals surface area contributed by atoms with E-state index in [2.05, 4.69) is 21.4 Å². The Bertz CT molecular complexity index is 1080.